The van der Waals surface area contributed by atoms with E-state index in [1.807, 2.05) is 6.08 Å². The summed E-state index contributed by atoms with van der Waals surface area (Å²) in [4.78, 5) is 13.5. The van der Waals surface area contributed by atoms with Gasteiger partial charge in [0.2, 0.25) is 5.91 Å². The molecule has 3 fully saturated rings. The van der Waals surface area contributed by atoms with Crippen molar-refractivity contribution in [2.45, 2.75) is 388 Å². The fourth-order valence-electron chi connectivity index (χ4n) is 13.0. The van der Waals surface area contributed by atoms with E-state index in [1.165, 1.54) is 173 Å². The number of amides is 1. The largest absolute Gasteiger partial charge is 0.394 e. The van der Waals surface area contributed by atoms with Gasteiger partial charge in [-0.2, -0.15) is 0 Å². The molecule has 0 aromatic heterocycles. The summed E-state index contributed by atoms with van der Waals surface area (Å²) >= 11 is 0. The van der Waals surface area contributed by atoms with Crippen LogP contribution in [0.4, 0.5) is 0 Å². The number of nitrogens with one attached hydrogen (secondary N) is 1. The molecule has 0 saturated carbocycles. The molecule has 0 aliphatic carbocycles. The first kappa shape index (κ1) is 91.9. The monoisotopic (exact) mass is 1430 g/mol. The molecule has 17 unspecified atom stereocenters. The highest BCUT2D eigenvalue weighted by atomic mass is 16.8. The van der Waals surface area contributed by atoms with Crippen molar-refractivity contribution >= 4 is 5.91 Å². The summed E-state index contributed by atoms with van der Waals surface area (Å²) < 4.78 is 34.4. The van der Waals surface area contributed by atoms with Crippen molar-refractivity contribution in [3.8, 4) is 0 Å². The molecule has 0 spiro atoms. The van der Waals surface area contributed by atoms with Crippen LogP contribution >= 0.6 is 0 Å². The number of aliphatic hydroxyl groups is 11. The molecule has 0 aromatic carbocycles. The minimum absolute atomic E-state index is 0.232. The van der Waals surface area contributed by atoms with E-state index in [9.17, 15) is 61.0 Å². The third kappa shape index (κ3) is 42.0. The summed E-state index contributed by atoms with van der Waals surface area (Å²) in [5.74, 6) is -0.285. The van der Waals surface area contributed by atoms with E-state index in [-0.39, 0.29) is 18.9 Å². The summed E-state index contributed by atoms with van der Waals surface area (Å²) in [6, 6.07) is -0.996. The van der Waals surface area contributed by atoms with Crippen LogP contribution in [0.25, 0.3) is 0 Å². The van der Waals surface area contributed by atoms with Crippen molar-refractivity contribution in [1.82, 2.24) is 5.32 Å². The summed E-state index contributed by atoms with van der Waals surface area (Å²) in [6.45, 7) is 1.62. The van der Waals surface area contributed by atoms with Gasteiger partial charge in [-0.1, -0.05) is 291 Å². The van der Waals surface area contributed by atoms with Crippen LogP contribution < -0.4 is 5.32 Å². The SMILES string of the molecule is CC/C=C\C/C=C\C/C=C\C/C=C\C/C=C\C/C=C\CCCCCCCCCCCCCCCCCCC(=O)NC(COC1OC(CO)C(OC2OC(CO)C(OC3OC(CO)C(O)C(O)C3O)C(O)C2O)C(O)C1O)C(O)/C=C/CC/C=C/CCCCCCCCCCCCCCCCC. The Morgan fingerprint density at radius 1 is 0.366 bits per heavy atom. The predicted octanol–water partition coefficient (Wildman–Crippen LogP) is 13.2. The topological polar surface area (TPSA) is 307 Å². The Balaban J connectivity index is 1.36. The number of hydrogen-bond acceptors (Lipinski definition) is 18. The van der Waals surface area contributed by atoms with Gasteiger partial charge in [-0.15, -0.1) is 0 Å². The summed E-state index contributed by atoms with van der Waals surface area (Å²) in [7, 11) is 0. The third-order valence-electron chi connectivity index (χ3n) is 19.4. The molecular formula is C82H143NO18. The molecule has 3 saturated heterocycles. The Bertz CT molecular complexity index is 2200. The maximum absolute atomic E-state index is 13.5. The van der Waals surface area contributed by atoms with Crippen LogP contribution in [0, 0.1) is 0 Å². The smallest absolute Gasteiger partial charge is 0.220 e. The normalized spacial score (nSPS) is 26.8. The van der Waals surface area contributed by atoms with Gasteiger partial charge in [0, 0.05) is 6.42 Å². The molecule has 584 valence electrons. The second kappa shape index (κ2) is 61.8. The average Bonchev–Trinajstić information content (AvgIpc) is 0.782. The van der Waals surface area contributed by atoms with Gasteiger partial charge >= 0.3 is 0 Å². The van der Waals surface area contributed by atoms with Crippen LogP contribution in [0.3, 0.4) is 0 Å². The van der Waals surface area contributed by atoms with E-state index in [2.05, 4.69) is 104 Å². The summed E-state index contributed by atoms with van der Waals surface area (Å²) in [5, 5.41) is 121. The number of carbonyl (C=O) groups excluding carboxylic acids is 1. The standard InChI is InChI=1S/C82H143NO18/c1-3-5-7-9-11-13-15-17-19-21-23-25-26-27-28-29-30-31-32-33-34-35-36-37-38-40-42-44-46-48-50-52-54-56-58-60-70(88)83-65(66(87)59-57-55-53-51-49-47-45-43-41-39-24-22-20-18-16-14-12-10-8-6-4-2)64-96-80-76(94)73(91)78(68(62-85)98-80)101-82-77(95)74(92)79(69(63-86)99-82)100-81-75(93)72(90)71(89)67(61-84)97-81/h5,7,11,13,17,19,23,25,27-28,30-31,49,51,57,59,65-69,71-82,84-87,89-95H,3-4,6,8-10,12,14-16,18,20-22,24,26,29,32-48,50,52-56,58,60-64H2,1-2H3,(H,83,88)/b7-5-,13-11-,19-17-,25-23-,28-27-,31-30-,51-49+,59-57+. The highest BCUT2D eigenvalue weighted by molar-refractivity contribution is 5.76. The highest BCUT2D eigenvalue weighted by Gasteiger charge is 2.54. The van der Waals surface area contributed by atoms with E-state index < -0.39 is 124 Å². The molecule has 19 nitrogen and oxygen atoms in total. The van der Waals surface area contributed by atoms with Crippen molar-refractivity contribution in [3.05, 3.63) is 97.2 Å². The molecule has 3 aliphatic rings. The lowest BCUT2D eigenvalue weighted by molar-refractivity contribution is -0.379. The number of allylic oxidation sites excluding steroid dienone is 15. The van der Waals surface area contributed by atoms with Crippen molar-refractivity contribution in [3.63, 3.8) is 0 Å². The molecule has 0 bridgehead atoms. The lowest BCUT2D eigenvalue weighted by Crippen LogP contribution is -2.66. The Hall–Kier alpha value is -3.29. The lowest BCUT2D eigenvalue weighted by atomic mass is 9.96. The molecule has 12 N–H and O–H groups in total. The first-order valence-corrected chi connectivity index (χ1v) is 40.0. The molecule has 0 aromatic rings. The third-order valence-corrected chi connectivity index (χ3v) is 19.4. The van der Waals surface area contributed by atoms with Crippen molar-refractivity contribution in [2.75, 3.05) is 26.4 Å². The van der Waals surface area contributed by atoms with Gasteiger partial charge in [0.15, 0.2) is 18.9 Å². The second-order valence-corrected chi connectivity index (χ2v) is 28.1. The number of unbranched alkanes of at least 4 members (excludes halogenated alkanes) is 32. The minimum atomic E-state index is -1.98. The van der Waals surface area contributed by atoms with E-state index in [1.54, 1.807) is 6.08 Å². The maximum atomic E-state index is 13.5. The number of rotatable bonds is 62. The predicted molar refractivity (Wildman–Crippen MR) is 401 cm³/mol. The van der Waals surface area contributed by atoms with E-state index in [4.69, 9.17) is 28.4 Å². The Labute approximate surface area is 609 Å². The van der Waals surface area contributed by atoms with Crippen molar-refractivity contribution in [1.29, 1.82) is 0 Å². The molecule has 19 heteroatoms. The second-order valence-electron chi connectivity index (χ2n) is 28.1. The van der Waals surface area contributed by atoms with Crippen molar-refractivity contribution in [2.24, 2.45) is 0 Å². The van der Waals surface area contributed by atoms with Gasteiger partial charge in [-0.05, 0) is 83.5 Å². The minimum Gasteiger partial charge on any atom is -0.394 e. The van der Waals surface area contributed by atoms with Gasteiger partial charge in [0.25, 0.3) is 0 Å². The van der Waals surface area contributed by atoms with Gasteiger partial charge < -0.3 is 89.9 Å². The first-order valence-electron chi connectivity index (χ1n) is 40.0. The Kier molecular flexibility index (Phi) is 56.3. The van der Waals surface area contributed by atoms with Crippen molar-refractivity contribution < 1.29 is 89.4 Å². The number of ether oxygens (including phenoxy) is 6. The molecule has 0 radical (unpaired) electrons. The summed E-state index contributed by atoms with van der Waals surface area (Å²) in [5.41, 5.74) is 0. The molecule has 3 heterocycles. The average molecular weight is 1430 g/mol. The lowest BCUT2D eigenvalue weighted by Gasteiger charge is -2.48. The summed E-state index contributed by atoms with van der Waals surface area (Å²) in [6.07, 6.45) is 56.8. The Morgan fingerprint density at radius 3 is 1.11 bits per heavy atom. The molecular weight excluding hydrogens is 1290 g/mol. The van der Waals surface area contributed by atoms with Gasteiger partial charge in [-0.3, -0.25) is 4.79 Å². The molecule has 3 aliphatic heterocycles. The molecule has 101 heavy (non-hydrogen) atoms. The van der Waals surface area contributed by atoms with Crippen LogP contribution in [0.15, 0.2) is 97.2 Å². The zero-order valence-corrected chi connectivity index (χ0v) is 62.4. The zero-order chi connectivity index (χ0) is 73.2. The number of carbonyl (C=O) groups is 1. The zero-order valence-electron chi connectivity index (χ0n) is 62.4. The Morgan fingerprint density at radius 2 is 0.693 bits per heavy atom. The molecule has 1 amide bonds. The fraction of sp³-hybridized carbons (Fsp3) is 0.793. The van der Waals surface area contributed by atoms with E-state index >= 15 is 0 Å². The van der Waals surface area contributed by atoms with E-state index in [0.29, 0.717) is 12.8 Å². The number of hydrogen-bond donors (Lipinski definition) is 12. The van der Waals surface area contributed by atoms with Crippen LogP contribution in [0.1, 0.15) is 284 Å². The maximum Gasteiger partial charge on any atom is 0.220 e. The van der Waals surface area contributed by atoms with Gasteiger partial charge in [-0.25, -0.2) is 0 Å². The highest BCUT2D eigenvalue weighted by Crippen LogP contribution is 2.33. The van der Waals surface area contributed by atoms with Gasteiger partial charge in [0.1, 0.15) is 73.2 Å². The number of aliphatic hydroxyl groups excluding tert-OH is 11. The van der Waals surface area contributed by atoms with Crippen LogP contribution in [-0.4, -0.2) is 193 Å². The van der Waals surface area contributed by atoms with Crippen LogP contribution in [0.5, 0.6) is 0 Å². The molecule has 17 atom stereocenters. The quantitative estimate of drug-likeness (QED) is 0.0199. The van der Waals surface area contributed by atoms with Gasteiger partial charge in [0.05, 0.1) is 38.6 Å². The first-order chi connectivity index (χ1) is 49.3. The molecule has 3 rings (SSSR count). The van der Waals surface area contributed by atoms with Crippen LogP contribution in [-0.2, 0) is 33.2 Å². The van der Waals surface area contributed by atoms with E-state index in [0.717, 1.165) is 77.0 Å². The van der Waals surface area contributed by atoms with Crippen LogP contribution in [0.2, 0.25) is 0 Å². The fourth-order valence-corrected chi connectivity index (χ4v) is 13.0.